The Labute approximate surface area is 183 Å². The highest BCUT2D eigenvalue weighted by Crippen LogP contribution is 2.28. The van der Waals surface area contributed by atoms with Crippen molar-refractivity contribution in [2.45, 2.75) is 19.4 Å². The zero-order valence-corrected chi connectivity index (χ0v) is 17.8. The predicted molar refractivity (Wildman–Crippen MR) is 119 cm³/mol. The van der Waals surface area contributed by atoms with Gasteiger partial charge in [0.25, 0.3) is 5.91 Å². The van der Waals surface area contributed by atoms with Crippen molar-refractivity contribution in [1.82, 2.24) is 4.98 Å². The van der Waals surface area contributed by atoms with Crippen molar-refractivity contribution in [2.75, 3.05) is 5.32 Å². The van der Waals surface area contributed by atoms with Crippen molar-refractivity contribution >= 4 is 45.9 Å². The molecule has 5 nitrogen and oxygen atoms in total. The highest BCUT2D eigenvalue weighted by molar-refractivity contribution is 6.31. The van der Waals surface area contributed by atoms with Gasteiger partial charge in [0.2, 0.25) is 5.89 Å². The molecule has 0 bridgehead atoms. The second kappa shape index (κ2) is 8.01. The number of fused-ring (bicyclic) bond motifs is 1. The molecule has 1 amide bonds. The van der Waals surface area contributed by atoms with E-state index in [9.17, 15) is 4.79 Å². The van der Waals surface area contributed by atoms with E-state index >= 15 is 0 Å². The number of nitrogens with zero attached hydrogens (tertiary/aromatic N) is 1. The van der Waals surface area contributed by atoms with Gasteiger partial charge in [-0.3, -0.25) is 4.79 Å². The van der Waals surface area contributed by atoms with Crippen molar-refractivity contribution in [1.29, 1.82) is 0 Å². The minimum absolute atomic E-state index is 0.296. The molecule has 152 valence electrons. The first-order valence-corrected chi connectivity index (χ1v) is 9.98. The molecule has 1 aromatic heterocycles. The molecule has 0 saturated heterocycles. The van der Waals surface area contributed by atoms with Gasteiger partial charge in [-0.1, -0.05) is 29.3 Å². The van der Waals surface area contributed by atoms with Crippen LogP contribution in [0.3, 0.4) is 0 Å². The number of nitrogens with one attached hydrogen (secondary N) is 1. The first-order valence-electron chi connectivity index (χ1n) is 9.23. The van der Waals surface area contributed by atoms with Crippen molar-refractivity contribution in [2.24, 2.45) is 0 Å². The van der Waals surface area contributed by atoms with E-state index in [-0.39, 0.29) is 5.91 Å². The van der Waals surface area contributed by atoms with E-state index in [1.807, 2.05) is 12.1 Å². The van der Waals surface area contributed by atoms with Crippen molar-refractivity contribution in [3.63, 3.8) is 0 Å². The largest absolute Gasteiger partial charge is 0.478 e. The van der Waals surface area contributed by atoms with Gasteiger partial charge in [0.15, 0.2) is 11.2 Å². The molecule has 0 aliphatic rings. The number of aromatic nitrogens is 1. The number of ether oxygens (including phenoxy) is 1. The van der Waals surface area contributed by atoms with E-state index < -0.39 is 5.60 Å². The fourth-order valence-electron chi connectivity index (χ4n) is 2.88. The molecule has 0 atom stereocenters. The molecule has 0 saturated carbocycles. The van der Waals surface area contributed by atoms with Crippen LogP contribution in [0.25, 0.3) is 22.6 Å². The summed E-state index contributed by atoms with van der Waals surface area (Å²) in [5, 5.41) is 4.07. The second-order valence-electron chi connectivity index (χ2n) is 7.23. The fraction of sp³-hybridized carbons (Fsp3) is 0.130. The van der Waals surface area contributed by atoms with Crippen LogP contribution in [0, 0.1) is 0 Å². The number of carbonyl (C=O) groups excluding carboxylic acids is 1. The van der Waals surface area contributed by atoms with Crippen LogP contribution < -0.4 is 10.1 Å². The lowest BCUT2D eigenvalue weighted by Gasteiger charge is -2.25. The number of anilines is 1. The molecular weight excluding hydrogens is 423 g/mol. The van der Waals surface area contributed by atoms with Gasteiger partial charge >= 0.3 is 0 Å². The summed E-state index contributed by atoms with van der Waals surface area (Å²) in [5.41, 5.74) is 1.50. The van der Waals surface area contributed by atoms with Gasteiger partial charge in [0.05, 0.1) is 0 Å². The van der Waals surface area contributed by atoms with Gasteiger partial charge in [-0.2, -0.15) is 0 Å². The molecular formula is C23H18Cl2N2O3. The zero-order valence-electron chi connectivity index (χ0n) is 16.3. The predicted octanol–water partition coefficient (Wildman–Crippen LogP) is 6.60. The maximum absolute atomic E-state index is 12.8. The van der Waals surface area contributed by atoms with Crippen LogP contribution in [0.5, 0.6) is 5.75 Å². The molecule has 0 aliphatic carbocycles. The first kappa shape index (κ1) is 20.3. The van der Waals surface area contributed by atoms with Crippen LogP contribution in [0.1, 0.15) is 13.8 Å². The number of rotatable bonds is 5. The molecule has 0 fully saturated rings. The summed E-state index contributed by atoms with van der Waals surface area (Å²) in [7, 11) is 0. The number of oxazole rings is 1. The molecule has 4 rings (SSSR count). The SMILES string of the molecule is CC(C)(Oc1ccc(Cl)cc1)C(=O)Nc1ccc2oc(-c3cccc(Cl)c3)nc2c1. The lowest BCUT2D eigenvalue weighted by atomic mass is 10.1. The van der Waals surface area contributed by atoms with Gasteiger partial charge in [0, 0.05) is 21.3 Å². The molecule has 0 spiro atoms. The zero-order chi connectivity index (χ0) is 21.3. The van der Waals surface area contributed by atoms with Gasteiger partial charge in [-0.15, -0.1) is 0 Å². The molecule has 7 heteroatoms. The maximum atomic E-state index is 12.8. The number of hydrogen-bond donors (Lipinski definition) is 1. The lowest BCUT2D eigenvalue weighted by Crippen LogP contribution is -2.42. The smallest absolute Gasteiger partial charge is 0.267 e. The first-order chi connectivity index (χ1) is 14.3. The molecule has 0 radical (unpaired) electrons. The fourth-order valence-corrected chi connectivity index (χ4v) is 3.19. The van der Waals surface area contributed by atoms with Crippen LogP contribution in [-0.4, -0.2) is 16.5 Å². The Morgan fingerprint density at radius 2 is 1.77 bits per heavy atom. The van der Waals surface area contributed by atoms with E-state index in [4.69, 9.17) is 32.4 Å². The highest BCUT2D eigenvalue weighted by Gasteiger charge is 2.30. The van der Waals surface area contributed by atoms with Crippen molar-refractivity contribution < 1.29 is 13.9 Å². The Balaban J connectivity index is 1.52. The average molecular weight is 441 g/mol. The molecule has 30 heavy (non-hydrogen) atoms. The number of amides is 1. The number of benzene rings is 3. The Morgan fingerprint density at radius 1 is 1.00 bits per heavy atom. The van der Waals surface area contributed by atoms with Crippen LogP contribution in [0.2, 0.25) is 10.0 Å². The Kier molecular flexibility index (Phi) is 5.41. The summed E-state index contributed by atoms with van der Waals surface area (Å²) in [6, 6.07) is 19.4. The lowest BCUT2D eigenvalue weighted by molar-refractivity contribution is -0.128. The van der Waals surface area contributed by atoms with Gasteiger partial charge < -0.3 is 14.5 Å². The Bertz CT molecular complexity index is 1220. The standard InChI is InChI=1S/C23H18Cl2N2O3/c1-23(2,30-18-9-6-15(24)7-10-18)22(28)26-17-8-11-20-19(13-17)27-21(29-20)14-4-3-5-16(25)12-14/h3-13H,1-2H3,(H,26,28). The quantitative estimate of drug-likeness (QED) is 0.379. The van der Waals surface area contributed by atoms with Crippen molar-refractivity contribution in [3.8, 4) is 17.2 Å². The summed E-state index contributed by atoms with van der Waals surface area (Å²) in [5.74, 6) is 0.718. The number of carbonyl (C=O) groups is 1. The van der Waals surface area contributed by atoms with E-state index in [0.29, 0.717) is 38.5 Å². The summed E-state index contributed by atoms with van der Waals surface area (Å²) < 4.78 is 11.6. The van der Waals surface area contributed by atoms with Crippen molar-refractivity contribution in [3.05, 3.63) is 76.8 Å². The normalized spacial score (nSPS) is 11.5. The Morgan fingerprint density at radius 3 is 2.50 bits per heavy atom. The summed E-state index contributed by atoms with van der Waals surface area (Å²) in [4.78, 5) is 17.3. The highest BCUT2D eigenvalue weighted by atomic mass is 35.5. The minimum Gasteiger partial charge on any atom is -0.478 e. The molecule has 4 aromatic rings. The van der Waals surface area contributed by atoms with E-state index in [1.54, 1.807) is 68.4 Å². The molecule has 0 aliphatic heterocycles. The summed E-state index contributed by atoms with van der Waals surface area (Å²) >= 11 is 11.9. The topological polar surface area (TPSA) is 64.4 Å². The van der Waals surface area contributed by atoms with Crippen LogP contribution >= 0.6 is 23.2 Å². The van der Waals surface area contributed by atoms with E-state index in [0.717, 1.165) is 5.56 Å². The van der Waals surface area contributed by atoms with Gasteiger partial charge in [0.1, 0.15) is 11.3 Å². The minimum atomic E-state index is -1.10. The van der Waals surface area contributed by atoms with E-state index in [1.165, 1.54) is 0 Å². The second-order valence-corrected chi connectivity index (χ2v) is 8.11. The van der Waals surface area contributed by atoms with Gasteiger partial charge in [-0.25, -0.2) is 4.98 Å². The third-order valence-corrected chi connectivity index (χ3v) is 4.94. The maximum Gasteiger partial charge on any atom is 0.267 e. The summed E-state index contributed by atoms with van der Waals surface area (Å²) in [6.07, 6.45) is 0. The van der Waals surface area contributed by atoms with Crippen LogP contribution in [0.15, 0.2) is 71.1 Å². The third kappa shape index (κ3) is 4.42. The monoisotopic (exact) mass is 440 g/mol. The molecule has 1 heterocycles. The number of hydrogen-bond acceptors (Lipinski definition) is 4. The molecule has 1 N–H and O–H groups in total. The number of halogens is 2. The molecule has 0 unspecified atom stereocenters. The molecule has 3 aromatic carbocycles. The third-order valence-electron chi connectivity index (χ3n) is 4.45. The van der Waals surface area contributed by atoms with Crippen LogP contribution in [0.4, 0.5) is 5.69 Å². The van der Waals surface area contributed by atoms with E-state index in [2.05, 4.69) is 10.3 Å². The average Bonchev–Trinajstić information content (AvgIpc) is 3.13. The van der Waals surface area contributed by atoms with Gasteiger partial charge in [-0.05, 0) is 74.5 Å². The Hall–Kier alpha value is -3.02. The summed E-state index contributed by atoms with van der Waals surface area (Å²) in [6.45, 7) is 3.39. The van der Waals surface area contributed by atoms with Crippen LogP contribution in [-0.2, 0) is 4.79 Å².